The molecule has 2 nitrogen and oxygen atoms in total. The zero-order valence-electron chi connectivity index (χ0n) is 16.7. The average Bonchev–Trinajstić information content (AvgIpc) is 3.19. The molecule has 1 aromatic heterocycles. The number of phenols is 1. The van der Waals surface area contributed by atoms with E-state index < -0.39 is 0 Å². The first-order valence-electron chi connectivity index (χ1n) is 10.2. The van der Waals surface area contributed by atoms with E-state index in [9.17, 15) is 5.11 Å². The summed E-state index contributed by atoms with van der Waals surface area (Å²) in [6.45, 7) is 2.35. The van der Waals surface area contributed by atoms with Crippen molar-refractivity contribution in [3.63, 3.8) is 0 Å². The molecule has 0 aliphatic heterocycles. The molecule has 148 valence electrons. The molecule has 3 heteroatoms. The van der Waals surface area contributed by atoms with Crippen molar-refractivity contribution in [2.45, 2.75) is 30.9 Å². The molecule has 0 aliphatic rings. The summed E-state index contributed by atoms with van der Waals surface area (Å²) in [4.78, 5) is 3.47. The number of thioether (sulfide) groups is 1. The summed E-state index contributed by atoms with van der Waals surface area (Å²) in [7, 11) is 0. The first kappa shape index (κ1) is 19.7. The van der Waals surface area contributed by atoms with Crippen LogP contribution in [-0.2, 0) is 5.75 Å². The normalized spacial score (nSPS) is 13.4. The molecule has 2 atom stereocenters. The summed E-state index contributed by atoms with van der Waals surface area (Å²) in [5.41, 5.74) is 5.28. The lowest BCUT2D eigenvalue weighted by molar-refractivity contribution is 0.475. The van der Waals surface area contributed by atoms with Crippen LogP contribution in [0, 0.1) is 0 Å². The van der Waals surface area contributed by atoms with Gasteiger partial charge in [0.1, 0.15) is 5.75 Å². The largest absolute Gasteiger partial charge is 0.508 e. The summed E-state index contributed by atoms with van der Waals surface area (Å²) in [6, 6.07) is 27.0. The van der Waals surface area contributed by atoms with E-state index in [-0.39, 0.29) is 0 Å². The zero-order valence-corrected chi connectivity index (χ0v) is 17.5. The van der Waals surface area contributed by atoms with Gasteiger partial charge in [0.25, 0.3) is 0 Å². The van der Waals surface area contributed by atoms with E-state index in [1.165, 1.54) is 27.6 Å². The van der Waals surface area contributed by atoms with Crippen molar-refractivity contribution in [1.29, 1.82) is 0 Å². The molecule has 2 N–H and O–H groups in total. The van der Waals surface area contributed by atoms with Crippen molar-refractivity contribution in [2.75, 3.05) is 5.75 Å². The number of hydrogen-bond donors (Lipinski definition) is 2. The Kier molecular flexibility index (Phi) is 6.26. The van der Waals surface area contributed by atoms with Crippen LogP contribution in [0.3, 0.4) is 0 Å². The Balaban J connectivity index is 1.51. The molecule has 0 saturated heterocycles. The van der Waals surface area contributed by atoms with Gasteiger partial charge in [-0.15, -0.1) is 0 Å². The Morgan fingerprint density at radius 2 is 1.62 bits per heavy atom. The van der Waals surface area contributed by atoms with Crippen LogP contribution in [-0.4, -0.2) is 15.8 Å². The maximum Gasteiger partial charge on any atom is 0.115 e. The fourth-order valence-corrected chi connectivity index (χ4v) is 5.05. The molecule has 1 heterocycles. The summed E-state index contributed by atoms with van der Waals surface area (Å²) in [6.07, 6.45) is 3.33. The highest BCUT2D eigenvalue weighted by atomic mass is 32.2. The Morgan fingerprint density at radius 3 is 2.41 bits per heavy atom. The van der Waals surface area contributed by atoms with Gasteiger partial charge in [0.2, 0.25) is 0 Å². The Morgan fingerprint density at radius 1 is 0.897 bits per heavy atom. The maximum atomic E-state index is 9.45. The molecule has 0 fully saturated rings. The van der Waals surface area contributed by atoms with Crippen LogP contribution in [0.4, 0.5) is 0 Å². The molecular weight excluding hydrogens is 374 g/mol. The summed E-state index contributed by atoms with van der Waals surface area (Å²) in [5.74, 6) is 3.31. The van der Waals surface area contributed by atoms with E-state index in [0.29, 0.717) is 17.6 Å². The second kappa shape index (κ2) is 9.23. The fraction of sp³-hybridized carbons (Fsp3) is 0.231. The second-order valence-electron chi connectivity index (χ2n) is 7.60. The quantitative estimate of drug-likeness (QED) is 0.309. The van der Waals surface area contributed by atoms with Gasteiger partial charge < -0.3 is 10.1 Å². The smallest absolute Gasteiger partial charge is 0.115 e. The third kappa shape index (κ3) is 4.68. The predicted molar refractivity (Wildman–Crippen MR) is 125 cm³/mol. The SMILES string of the molecule is CC(c1ccccc1)C(CCSCc1ccc(O)cc1)c1c[nH]c2ccccc12. The molecule has 0 aliphatic carbocycles. The molecule has 4 aromatic rings. The maximum absolute atomic E-state index is 9.45. The second-order valence-corrected chi connectivity index (χ2v) is 8.71. The van der Waals surface area contributed by atoms with Crippen LogP contribution in [0.15, 0.2) is 85.1 Å². The molecule has 0 radical (unpaired) electrons. The van der Waals surface area contributed by atoms with Gasteiger partial charge in [-0.3, -0.25) is 0 Å². The van der Waals surface area contributed by atoms with Crippen LogP contribution < -0.4 is 0 Å². The minimum absolute atomic E-state index is 0.329. The van der Waals surface area contributed by atoms with Gasteiger partial charge >= 0.3 is 0 Å². The fourth-order valence-electron chi connectivity index (χ4n) is 4.06. The number of benzene rings is 3. The van der Waals surface area contributed by atoms with Crippen molar-refractivity contribution in [2.24, 2.45) is 0 Å². The number of phenolic OH excluding ortho intramolecular Hbond substituents is 1. The van der Waals surface area contributed by atoms with Crippen molar-refractivity contribution < 1.29 is 5.11 Å². The van der Waals surface area contributed by atoms with Crippen molar-refractivity contribution in [3.8, 4) is 5.75 Å². The molecule has 29 heavy (non-hydrogen) atoms. The van der Waals surface area contributed by atoms with Gasteiger partial charge in [0.05, 0.1) is 0 Å². The molecule has 0 amide bonds. The van der Waals surface area contributed by atoms with E-state index in [0.717, 1.165) is 17.9 Å². The number of fused-ring (bicyclic) bond motifs is 1. The number of aromatic hydroxyl groups is 1. The van der Waals surface area contributed by atoms with Gasteiger partial charge in [-0.1, -0.05) is 67.6 Å². The number of para-hydroxylation sites is 1. The number of aromatic amines is 1. The van der Waals surface area contributed by atoms with Gasteiger partial charge in [0.15, 0.2) is 0 Å². The van der Waals surface area contributed by atoms with Gasteiger partial charge in [-0.2, -0.15) is 11.8 Å². The number of H-pyrrole nitrogens is 1. The molecule has 0 spiro atoms. The third-order valence-corrected chi connectivity index (χ3v) is 6.79. The van der Waals surface area contributed by atoms with E-state index in [2.05, 4.69) is 72.7 Å². The lowest BCUT2D eigenvalue weighted by Gasteiger charge is -2.24. The van der Waals surface area contributed by atoms with Crippen molar-refractivity contribution in [1.82, 2.24) is 4.98 Å². The first-order valence-corrected chi connectivity index (χ1v) is 11.3. The van der Waals surface area contributed by atoms with Crippen LogP contribution in [0.1, 0.15) is 41.9 Å². The molecule has 3 aromatic carbocycles. The van der Waals surface area contributed by atoms with Crippen molar-refractivity contribution >= 4 is 22.7 Å². The lowest BCUT2D eigenvalue weighted by atomic mass is 9.81. The van der Waals surface area contributed by atoms with E-state index in [1.54, 1.807) is 12.1 Å². The van der Waals surface area contributed by atoms with Crippen molar-refractivity contribution in [3.05, 3.63) is 102 Å². The van der Waals surface area contributed by atoms with Crippen LogP contribution in [0.25, 0.3) is 10.9 Å². The number of hydrogen-bond acceptors (Lipinski definition) is 2. The molecule has 0 bridgehead atoms. The number of rotatable bonds is 8. The van der Waals surface area contributed by atoms with Gasteiger partial charge in [-0.05, 0) is 58.9 Å². The van der Waals surface area contributed by atoms with E-state index in [1.807, 2.05) is 23.9 Å². The first-order chi connectivity index (χ1) is 14.2. The minimum Gasteiger partial charge on any atom is -0.508 e. The average molecular weight is 402 g/mol. The highest BCUT2D eigenvalue weighted by molar-refractivity contribution is 7.98. The third-order valence-electron chi connectivity index (χ3n) is 5.73. The lowest BCUT2D eigenvalue weighted by Crippen LogP contribution is -2.09. The summed E-state index contributed by atoms with van der Waals surface area (Å²) >= 11 is 1.96. The van der Waals surface area contributed by atoms with Gasteiger partial charge in [0, 0.05) is 22.9 Å². The highest BCUT2D eigenvalue weighted by Crippen LogP contribution is 2.39. The standard InChI is InChI=1S/C26H27NOS/c1-19(21-7-3-2-4-8-21)23(25-17-27-26-10-6-5-9-24(25)26)15-16-29-18-20-11-13-22(28)14-12-20/h2-14,17,19,23,27-28H,15-16,18H2,1H3. The van der Waals surface area contributed by atoms with Crippen LogP contribution >= 0.6 is 11.8 Å². The number of aromatic nitrogens is 1. The van der Waals surface area contributed by atoms with Gasteiger partial charge in [-0.25, -0.2) is 0 Å². The molecular formula is C26H27NOS. The highest BCUT2D eigenvalue weighted by Gasteiger charge is 2.23. The Labute approximate surface area is 177 Å². The Hall–Kier alpha value is -2.65. The molecule has 0 saturated carbocycles. The monoisotopic (exact) mass is 401 g/mol. The minimum atomic E-state index is 0.329. The van der Waals surface area contributed by atoms with Crippen LogP contribution in [0.2, 0.25) is 0 Å². The molecule has 2 unspecified atom stereocenters. The topological polar surface area (TPSA) is 36.0 Å². The molecule has 4 rings (SSSR count). The van der Waals surface area contributed by atoms with E-state index >= 15 is 0 Å². The van der Waals surface area contributed by atoms with Crippen LogP contribution in [0.5, 0.6) is 5.75 Å². The summed E-state index contributed by atoms with van der Waals surface area (Å²) in [5, 5.41) is 10.8. The van der Waals surface area contributed by atoms with E-state index in [4.69, 9.17) is 0 Å². The Bertz CT molecular complexity index is 1040. The summed E-state index contributed by atoms with van der Waals surface area (Å²) < 4.78 is 0. The predicted octanol–water partition coefficient (Wildman–Crippen LogP) is 7.08. The zero-order chi connectivity index (χ0) is 20.1. The number of nitrogens with one attached hydrogen (secondary N) is 1.